The molecule has 1 aromatic heterocycles. The molecule has 1 aromatic carbocycles. The molecule has 112 valence electrons. The van der Waals surface area contributed by atoms with E-state index in [0.717, 1.165) is 37.0 Å². The first kappa shape index (κ1) is 14.1. The Bertz CT molecular complexity index is 590. The SMILES string of the molecule is O=C(c1cc2ccccc2[nH]1)N1CCCN(CCO)CC1. The fourth-order valence-electron chi connectivity index (χ4n) is 2.90. The van der Waals surface area contributed by atoms with Gasteiger partial charge in [-0.05, 0) is 25.1 Å². The summed E-state index contributed by atoms with van der Waals surface area (Å²) in [5.41, 5.74) is 1.66. The highest BCUT2D eigenvalue weighted by molar-refractivity contribution is 5.98. The lowest BCUT2D eigenvalue weighted by Gasteiger charge is -2.21. The minimum Gasteiger partial charge on any atom is -0.395 e. The molecule has 2 N–H and O–H groups in total. The first-order valence-corrected chi connectivity index (χ1v) is 7.48. The summed E-state index contributed by atoms with van der Waals surface area (Å²) in [5.74, 6) is 0.0667. The number of aliphatic hydroxyl groups excluding tert-OH is 1. The van der Waals surface area contributed by atoms with E-state index < -0.39 is 0 Å². The van der Waals surface area contributed by atoms with Gasteiger partial charge in [-0.2, -0.15) is 0 Å². The van der Waals surface area contributed by atoms with Crippen molar-refractivity contribution in [3.63, 3.8) is 0 Å². The number of carbonyl (C=O) groups excluding carboxylic acids is 1. The van der Waals surface area contributed by atoms with Crippen molar-refractivity contribution in [2.45, 2.75) is 6.42 Å². The molecule has 1 saturated heterocycles. The van der Waals surface area contributed by atoms with Gasteiger partial charge in [0.2, 0.25) is 0 Å². The highest BCUT2D eigenvalue weighted by Gasteiger charge is 2.21. The number of hydrogen-bond donors (Lipinski definition) is 2. The van der Waals surface area contributed by atoms with Crippen LogP contribution in [0.2, 0.25) is 0 Å². The van der Waals surface area contributed by atoms with Gasteiger partial charge in [-0.1, -0.05) is 18.2 Å². The van der Waals surface area contributed by atoms with Crippen LogP contribution in [0.4, 0.5) is 0 Å². The van der Waals surface area contributed by atoms with E-state index in [2.05, 4.69) is 9.88 Å². The number of nitrogens with one attached hydrogen (secondary N) is 1. The number of para-hydroxylation sites is 1. The van der Waals surface area contributed by atoms with Gasteiger partial charge >= 0.3 is 0 Å². The molecule has 1 aliphatic heterocycles. The predicted molar refractivity (Wildman–Crippen MR) is 82.3 cm³/mol. The second-order valence-corrected chi connectivity index (χ2v) is 5.48. The summed E-state index contributed by atoms with van der Waals surface area (Å²) in [6, 6.07) is 9.86. The molecule has 5 heteroatoms. The third-order valence-corrected chi connectivity index (χ3v) is 4.05. The highest BCUT2D eigenvalue weighted by Crippen LogP contribution is 2.16. The molecule has 0 bridgehead atoms. The van der Waals surface area contributed by atoms with Crippen molar-refractivity contribution >= 4 is 16.8 Å². The average Bonchev–Trinajstić information content (AvgIpc) is 2.80. The molecular weight excluding hydrogens is 266 g/mol. The zero-order valence-corrected chi connectivity index (χ0v) is 12.1. The molecule has 0 spiro atoms. The lowest BCUT2D eigenvalue weighted by molar-refractivity contribution is 0.0755. The van der Waals surface area contributed by atoms with Crippen LogP contribution in [0.25, 0.3) is 10.9 Å². The summed E-state index contributed by atoms with van der Waals surface area (Å²) in [5, 5.41) is 10.1. The number of hydrogen-bond acceptors (Lipinski definition) is 3. The number of rotatable bonds is 3. The second-order valence-electron chi connectivity index (χ2n) is 5.48. The normalized spacial score (nSPS) is 17.1. The number of aromatic nitrogens is 1. The van der Waals surface area contributed by atoms with Crippen LogP contribution in [0.3, 0.4) is 0 Å². The number of β-amino-alcohol motifs (C(OH)–C–C–N with tert-alkyl or cyclic N) is 1. The first-order chi connectivity index (χ1) is 10.3. The topological polar surface area (TPSA) is 59.6 Å². The number of fused-ring (bicyclic) bond motifs is 1. The van der Waals surface area contributed by atoms with Crippen molar-refractivity contribution in [2.75, 3.05) is 39.3 Å². The van der Waals surface area contributed by atoms with Gasteiger partial charge < -0.3 is 15.0 Å². The molecule has 0 saturated carbocycles. The Balaban J connectivity index is 1.72. The van der Waals surface area contributed by atoms with Crippen molar-refractivity contribution in [2.24, 2.45) is 0 Å². The van der Waals surface area contributed by atoms with E-state index in [4.69, 9.17) is 5.11 Å². The van der Waals surface area contributed by atoms with Crippen LogP contribution in [0, 0.1) is 0 Å². The smallest absolute Gasteiger partial charge is 0.270 e. The van der Waals surface area contributed by atoms with E-state index in [1.807, 2.05) is 35.2 Å². The van der Waals surface area contributed by atoms with E-state index in [0.29, 0.717) is 18.8 Å². The van der Waals surface area contributed by atoms with Gasteiger partial charge in [0.05, 0.1) is 6.61 Å². The number of carbonyl (C=O) groups is 1. The summed E-state index contributed by atoms with van der Waals surface area (Å²) in [6.07, 6.45) is 0.950. The molecule has 21 heavy (non-hydrogen) atoms. The summed E-state index contributed by atoms with van der Waals surface area (Å²) in [4.78, 5) is 19.9. The monoisotopic (exact) mass is 287 g/mol. The van der Waals surface area contributed by atoms with Gasteiger partial charge in [0.1, 0.15) is 5.69 Å². The molecule has 1 fully saturated rings. The fraction of sp³-hybridized carbons (Fsp3) is 0.438. The first-order valence-electron chi connectivity index (χ1n) is 7.48. The molecular formula is C16H21N3O2. The molecule has 2 heterocycles. The van der Waals surface area contributed by atoms with Crippen LogP contribution < -0.4 is 0 Å². The van der Waals surface area contributed by atoms with E-state index in [1.54, 1.807) is 0 Å². The van der Waals surface area contributed by atoms with E-state index in [1.165, 1.54) is 0 Å². The van der Waals surface area contributed by atoms with Crippen molar-refractivity contribution < 1.29 is 9.90 Å². The van der Waals surface area contributed by atoms with Crippen LogP contribution >= 0.6 is 0 Å². The van der Waals surface area contributed by atoms with Crippen LogP contribution in [-0.4, -0.2) is 65.1 Å². The van der Waals surface area contributed by atoms with Gasteiger partial charge in [-0.25, -0.2) is 0 Å². The van der Waals surface area contributed by atoms with Gasteiger partial charge in [-0.3, -0.25) is 9.69 Å². The standard InChI is InChI=1S/C16H21N3O2/c20-11-10-18-6-3-7-19(9-8-18)16(21)15-12-13-4-1-2-5-14(13)17-15/h1-2,4-5,12,17,20H,3,6-11H2. The Morgan fingerprint density at radius 1 is 1.19 bits per heavy atom. The number of aromatic amines is 1. The van der Waals surface area contributed by atoms with Crippen molar-refractivity contribution in [3.05, 3.63) is 36.0 Å². The van der Waals surface area contributed by atoms with Crippen LogP contribution in [0.5, 0.6) is 0 Å². The molecule has 1 amide bonds. The third kappa shape index (κ3) is 3.09. The Kier molecular flexibility index (Phi) is 4.22. The van der Waals surface area contributed by atoms with Crippen molar-refractivity contribution in [1.29, 1.82) is 0 Å². The Hall–Kier alpha value is -1.85. The largest absolute Gasteiger partial charge is 0.395 e. The van der Waals surface area contributed by atoms with Crippen molar-refractivity contribution in [3.8, 4) is 0 Å². The van der Waals surface area contributed by atoms with Crippen LogP contribution in [0.1, 0.15) is 16.9 Å². The molecule has 3 rings (SSSR count). The van der Waals surface area contributed by atoms with Gasteiger partial charge in [0, 0.05) is 37.1 Å². The minimum absolute atomic E-state index is 0.0667. The molecule has 2 aromatic rings. The molecule has 0 radical (unpaired) electrons. The van der Waals surface area contributed by atoms with E-state index in [9.17, 15) is 4.79 Å². The maximum atomic E-state index is 12.6. The fourth-order valence-corrected chi connectivity index (χ4v) is 2.90. The van der Waals surface area contributed by atoms with Crippen molar-refractivity contribution in [1.82, 2.24) is 14.8 Å². The molecule has 0 atom stereocenters. The lowest BCUT2D eigenvalue weighted by atomic mass is 10.2. The second kappa shape index (κ2) is 6.28. The summed E-state index contributed by atoms with van der Waals surface area (Å²) >= 11 is 0. The lowest BCUT2D eigenvalue weighted by Crippen LogP contribution is -2.36. The average molecular weight is 287 g/mol. The molecule has 0 aliphatic carbocycles. The maximum Gasteiger partial charge on any atom is 0.270 e. The van der Waals surface area contributed by atoms with Gasteiger partial charge in [0.15, 0.2) is 0 Å². The Labute approximate surface area is 124 Å². The zero-order valence-electron chi connectivity index (χ0n) is 12.1. The number of H-pyrrole nitrogens is 1. The summed E-state index contributed by atoms with van der Waals surface area (Å²) in [6.45, 7) is 4.12. The zero-order chi connectivity index (χ0) is 14.7. The number of amides is 1. The molecule has 0 unspecified atom stereocenters. The number of aliphatic hydroxyl groups is 1. The summed E-state index contributed by atoms with van der Waals surface area (Å²) < 4.78 is 0. The van der Waals surface area contributed by atoms with Crippen LogP contribution in [-0.2, 0) is 0 Å². The minimum atomic E-state index is 0.0667. The Morgan fingerprint density at radius 2 is 2.05 bits per heavy atom. The van der Waals surface area contributed by atoms with Crippen LogP contribution in [0.15, 0.2) is 30.3 Å². The van der Waals surface area contributed by atoms with E-state index >= 15 is 0 Å². The number of benzene rings is 1. The maximum absolute atomic E-state index is 12.6. The highest BCUT2D eigenvalue weighted by atomic mass is 16.3. The summed E-state index contributed by atoms with van der Waals surface area (Å²) in [7, 11) is 0. The van der Waals surface area contributed by atoms with Gasteiger partial charge in [0.25, 0.3) is 5.91 Å². The van der Waals surface area contributed by atoms with E-state index in [-0.39, 0.29) is 12.5 Å². The Morgan fingerprint density at radius 3 is 2.86 bits per heavy atom. The quantitative estimate of drug-likeness (QED) is 0.895. The predicted octanol–water partition coefficient (Wildman–Crippen LogP) is 1.31. The molecule has 5 nitrogen and oxygen atoms in total. The third-order valence-electron chi connectivity index (χ3n) is 4.05. The van der Waals surface area contributed by atoms with Gasteiger partial charge in [-0.15, -0.1) is 0 Å². The number of nitrogens with zero attached hydrogens (tertiary/aromatic N) is 2. The molecule has 1 aliphatic rings.